The van der Waals surface area contributed by atoms with Crippen LogP contribution < -0.4 is 14.2 Å². The minimum absolute atomic E-state index is 0.340. The van der Waals surface area contributed by atoms with E-state index in [0.717, 1.165) is 16.9 Å². The first kappa shape index (κ1) is 23.5. The van der Waals surface area contributed by atoms with Crippen LogP contribution in [0.25, 0.3) is 0 Å². The number of rotatable bonds is 6. The molecule has 5 atom stereocenters. The van der Waals surface area contributed by atoms with Gasteiger partial charge in [-0.2, -0.15) is 0 Å². The number of hydrogen-bond acceptors (Lipinski definition) is 8. The van der Waals surface area contributed by atoms with Crippen molar-refractivity contribution in [3.63, 3.8) is 0 Å². The maximum Gasteiger partial charge on any atom is 0.274 e. The predicted molar refractivity (Wildman–Crippen MR) is 118 cm³/mol. The molecule has 0 aliphatic carbocycles. The molecule has 7 nitrogen and oxygen atoms in total. The molecule has 0 bridgehead atoms. The van der Waals surface area contributed by atoms with Crippen molar-refractivity contribution in [2.45, 2.75) is 43.2 Å². The van der Waals surface area contributed by atoms with Crippen LogP contribution in [-0.4, -0.2) is 65.1 Å². The number of ether oxygens (including phenoxy) is 4. The Bertz CT molecular complexity index is 937. The zero-order valence-corrected chi connectivity index (χ0v) is 19.5. The largest absolute Gasteiger partial charge is 0.494 e. The van der Waals surface area contributed by atoms with E-state index in [1.807, 2.05) is 37.3 Å². The molecular formula is C23H28ClO7S+. The van der Waals surface area contributed by atoms with Crippen LogP contribution in [0.2, 0.25) is 5.02 Å². The number of fused-ring (bicyclic) bond motifs is 1. The van der Waals surface area contributed by atoms with Gasteiger partial charge in [-0.05, 0) is 36.9 Å². The molecule has 2 aromatic rings. The van der Waals surface area contributed by atoms with Crippen LogP contribution in [0.1, 0.15) is 29.7 Å². The Hall–Kier alpha value is -1.68. The Morgan fingerprint density at radius 3 is 2.38 bits per heavy atom. The van der Waals surface area contributed by atoms with E-state index in [0.29, 0.717) is 48.3 Å². The van der Waals surface area contributed by atoms with E-state index in [4.69, 9.17) is 30.5 Å². The molecule has 0 spiro atoms. The highest BCUT2D eigenvalue weighted by Crippen LogP contribution is 2.47. The fourth-order valence-electron chi connectivity index (χ4n) is 4.00. The minimum atomic E-state index is -1.36. The predicted octanol–water partition coefficient (Wildman–Crippen LogP) is 1.99. The standard InChI is InChI=1S/C23H28ClO7S/c1-3-28-14-6-4-12(5-7-14)10-13-11-15(21-22(16(13)24)30-9-8-29-21)20-18(26)17(25)19(27)23(31-20)32-2/h4-7,11,17-20,23-27H,3,8-10H2,1-2H3/q+1/t17-,18-,19+,20+,23-/m1/s1. The van der Waals surface area contributed by atoms with Gasteiger partial charge >= 0.3 is 0 Å². The normalized spacial score (nSPS) is 27.2. The van der Waals surface area contributed by atoms with Crippen molar-refractivity contribution in [2.24, 2.45) is 0 Å². The van der Waals surface area contributed by atoms with Gasteiger partial charge in [0.15, 0.2) is 17.4 Å². The van der Waals surface area contributed by atoms with E-state index < -0.39 is 29.9 Å². The van der Waals surface area contributed by atoms with Crippen LogP contribution in [-0.2, 0) is 11.2 Å². The van der Waals surface area contributed by atoms with E-state index in [-0.39, 0.29) is 0 Å². The molecule has 2 heterocycles. The minimum Gasteiger partial charge on any atom is -0.494 e. The van der Waals surface area contributed by atoms with Gasteiger partial charge < -0.3 is 34.3 Å². The van der Waals surface area contributed by atoms with Crippen molar-refractivity contribution in [3.05, 3.63) is 52.0 Å². The molecule has 2 aliphatic heterocycles. The second kappa shape index (κ2) is 10.1. The SMILES string of the molecule is CCOc1ccc(Cc2cc([C@@H]3O[C@H](SC)[C@@H](O)[C@H](O)[C@H]3O)c3c(c2[ClH+])OCCO3)cc1. The lowest BCUT2D eigenvalue weighted by molar-refractivity contribution is -0.292. The summed E-state index contributed by atoms with van der Waals surface area (Å²) in [5.74, 6) is 1.66. The van der Waals surface area contributed by atoms with Crippen LogP contribution in [0.3, 0.4) is 0 Å². The quantitative estimate of drug-likeness (QED) is 0.574. The number of aliphatic hydroxyl groups is 3. The average Bonchev–Trinajstić information content (AvgIpc) is 2.81. The molecule has 0 aromatic heterocycles. The monoisotopic (exact) mass is 483 g/mol. The molecule has 2 aromatic carbocycles. The summed E-state index contributed by atoms with van der Waals surface area (Å²) in [5, 5.41) is 31.9. The van der Waals surface area contributed by atoms with Crippen LogP contribution in [0.4, 0.5) is 0 Å². The third-order valence-corrected chi connectivity index (χ3v) is 6.91. The smallest absolute Gasteiger partial charge is 0.274 e. The summed E-state index contributed by atoms with van der Waals surface area (Å²) < 4.78 is 23.2. The van der Waals surface area contributed by atoms with Crippen molar-refractivity contribution < 1.29 is 45.9 Å². The van der Waals surface area contributed by atoms with Gasteiger partial charge in [-0.15, -0.1) is 11.8 Å². The molecule has 0 radical (unpaired) electrons. The maximum atomic E-state index is 10.7. The zero-order chi connectivity index (χ0) is 22.8. The van der Waals surface area contributed by atoms with E-state index >= 15 is 0 Å². The summed E-state index contributed by atoms with van der Waals surface area (Å²) in [7, 11) is 0. The average molecular weight is 484 g/mol. The van der Waals surface area contributed by atoms with Gasteiger partial charge in [-0.25, -0.2) is 0 Å². The Balaban J connectivity index is 1.72. The van der Waals surface area contributed by atoms with Gasteiger partial charge in [-0.1, -0.05) is 12.1 Å². The van der Waals surface area contributed by atoms with Crippen LogP contribution in [0, 0.1) is 11.6 Å². The van der Waals surface area contributed by atoms with Crippen molar-refractivity contribution >= 4 is 11.8 Å². The highest BCUT2D eigenvalue weighted by Gasteiger charge is 2.46. The van der Waals surface area contributed by atoms with Crippen molar-refractivity contribution in [3.8, 4) is 17.2 Å². The molecule has 1 saturated heterocycles. The van der Waals surface area contributed by atoms with Crippen LogP contribution in [0.5, 0.6) is 17.2 Å². The topological polar surface area (TPSA) is 97.6 Å². The number of benzene rings is 2. The third kappa shape index (κ3) is 4.53. The fourth-order valence-corrected chi connectivity index (χ4v) is 4.95. The summed E-state index contributed by atoms with van der Waals surface area (Å²) >= 11 is 6.96. The lowest BCUT2D eigenvalue weighted by atomic mass is 9.91. The lowest BCUT2D eigenvalue weighted by Gasteiger charge is -2.40. The molecule has 0 amide bonds. The molecule has 4 rings (SSSR count). The molecule has 0 saturated carbocycles. The second-order valence-corrected chi connectivity index (χ2v) is 9.04. The Labute approximate surface area is 196 Å². The van der Waals surface area contributed by atoms with Crippen molar-refractivity contribution in [1.29, 1.82) is 0 Å². The van der Waals surface area contributed by atoms with Gasteiger partial charge in [0.2, 0.25) is 5.75 Å². The molecular weight excluding hydrogens is 456 g/mol. The number of thioether (sulfide) groups is 1. The fraction of sp³-hybridized carbons (Fsp3) is 0.478. The highest BCUT2D eigenvalue weighted by molar-refractivity contribution is 7.99. The third-order valence-electron chi connectivity index (χ3n) is 5.61. The molecule has 1 fully saturated rings. The van der Waals surface area contributed by atoms with E-state index in [1.54, 1.807) is 6.26 Å². The van der Waals surface area contributed by atoms with Crippen molar-refractivity contribution in [1.82, 2.24) is 0 Å². The van der Waals surface area contributed by atoms with Gasteiger partial charge in [0.05, 0.1) is 6.61 Å². The van der Waals surface area contributed by atoms with Crippen LogP contribution in [0.15, 0.2) is 30.3 Å². The first-order chi connectivity index (χ1) is 15.4. The highest BCUT2D eigenvalue weighted by atomic mass is 35.5. The molecule has 0 unspecified atom stereocenters. The van der Waals surface area contributed by atoms with Crippen LogP contribution >= 0.6 is 11.8 Å². The summed E-state index contributed by atoms with van der Waals surface area (Å²) in [6.07, 6.45) is -2.49. The Kier molecular flexibility index (Phi) is 7.39. The Morgan fingerprint density at radius 1 is 1.03 bits per heavy atom. The summed E-state index contributed by atoms with van der Waals surface area (Å²) in [6.45, 7) is 3.24. The van der Waals surface area contributed by atoms with Gasteiger partial charge in [0.25, 0.3) is 5.02 Å². The second-order valence-electron chi connectivity index (χ2n) is 7.70. The van der Waals surface area contributed by atoms with E-state index in [2.05, 4.69) is 0 Å². The molecule has 3 N–H and O–H groups in total. The van der Waals surface area contributed by atoms with E-state index in [1.165, 1.54) is 11.8 Å². The van der Waals surface area contributed by atoms with Gasteiger partial charge in [0.1, 0.15) is 48.8 Å². The molecule has 9 heteroatoms. The summed E-state index contributed by atoms with van der Waals surface area (Å²) in [4.78, 5) is 0. The van der Waals surface area contributed by atoms with E-state index in [9.17, 15) is 15.3 Å². The number of halogens is 1. The van der Waals surface area contributed by atoms with Gasteiger partial charge in [0, 0.05) is 17.5 Å². The summed E-state index contributed by atoms with van der Waals surface area (Å²) in [5.41, 5.74) is 1.70. The first-order valence-corrected chi connectivity index (χ1v) is 12.2. The van der Waals surface area contributed by atoms with Gasteiger partial charge in [-0.3, -0.25) is 0 Å². The lowest BCUT2D eigenvalue weighted by Crippen LogP contribution is -2.53. The van der Waals surface area contributed by atoms with Crippen molar-refractivity contribution in [2.75, 3.05) is 26.1 Å². The maximum absolute atomic E-state index is 10.7. The summed E-state index contributed by atoms with van der Waals surface area (Å²) in [6, 6.07) is 9.63. The Morgan fingerprint density at radius 2 is 1.72 bits per heavy atom. The number of aliphatic hydroxyl groups excluding tert-OH is 3. The number of hydrogen-bond donors (Lipinski definition) is 3. The molecule has 2 aliphatic rings. The molecule has 32 heavy (non-hydrogen) atoms. The first-order valence-electron chi connectivity index (χ1n) is 10.5. The zero-order valence-electron chi connectivity index (χ0n) is 17.9. The molecule has 174 valence electrons.